The molecule has 1 amide bonds. The van der Waals surface area contributed by atoms with Crippen LogP contribution in [-0.2, 0) is 9.53 Å². The molecule has 0 bridgehead atoms. The number of benzene rings is 1. The molecule has 1 saturated heterocycles. The highest BCUT2D eigenvalue weighted by atomic mass is 16.5. The molecule has 1 aliphatic heterocycles. The molecule has 4 heteroatoms. The molecule has 1 N–H and O–H groups in total. The number of carbonyl (C=O) groups excluding carboxylic acids is 1. The number of carbonyl (C=O) groups is 1. The molecule has 4 nitrogen and oxygen atoms in total. The van der Waals surface area contributed by atoms with Crippen molar-refractivity contribution in [2.45, 2.75) is 57.7 Å². The Morgan fingerprint density at radius 3 is 2.76 bits per heavy atom. The topological polar surface area (TPSA) is 47.6 Å². The second-order valence-electron chi connectivity index (χ2n) is 5.94. The summed E-state index contributed by atoms with van der Waals surface area (Å²) in [7, 11) is 0. The van der Waals surface area contributed by atoms with Crippen molar-refractivity contribution in [2.24, 2.45) is 0 Å². The summed E-state index contributed by atoms with van der Waals surface area (Å²) in [5, 5.41) is 2.97. The number of anilines is 1. The van der Waals surface area contributed by atoms with E-state index in [1.54, 1.807) is 0 Å². The van der Waals surface area contributed by atoms with E-state index in [9.17, 15) is 4.79 Å². The van der Waals surface area contributed by atoms with Gasteiger partial charge in [-0.3, -0.25) is 4.79 Å². The van der Waals surface area contributed by atoms with Crippen molar-refractivity contribution in [3.8, 4) is 5.75 Å². The van der Waals surface area contributed by atoms with Crippen LogP contribution in [-0.4, -0.2) is 24.7 Å². The Morgan fingerprint density at radius 1 is 1.24 bits per heavy atom. The zero-order valence-corrected chi connectivity index (χ0v) is 12.6. The molecule has 1 saturated carbocycles. The fourth-order valence-corrected chi connectivity index (χ4v) is 3.06. The molecule has 0 spiro atoms. The van der Waals surface area contributed by atoms with E-state index in [2.05, 4.69) is 5.32 Å². The third kappa shape index (κ3) is 3.38. The highest BCUT2D eigenvalue weighted by Gasteiger charge is 2.24. The van der Waals surface area contributed by atoms with Crippen molar-refractivity contribution in [3.63, 3.8) is 0 Å². The zero-order valence-electron chi connectivity index (χ0n) is 12.6. The number of hydrogen-bond acceptors (Lipinski definition) is 3. The molecule has 2 fully saturated rings. The van der Waals surface area contributed by atoms with E-state index in [-0.39, 0.29) is 12.0 Å². The van der Waals surface area contributed by atoms with Crippen LogP contribution in [0.5, 0.6) is 5.75 Å². The molecule has 1 heterocycles. The minimum absolute atomic E-state index is 0.0476. The lowest BCUT2D eigenvalue weighted by Gasteiger charge is -2.18. The highest BCUT2D eigenvalue weighted by molar-refractivity contribution is 5.95. The van der Waals surface area contributed by atoms with E-state index in [4.69, 9.17) is 9.47 Å². The monoisotopic (exact) mass is 289 g/mol. The van der Waals surface area contributed by atoms with Crippen molar-refractivity contribution in [1.82, 2.24) is 0 Å². The summed E-state index contributed by atoms with van der Waals surface area (Å²) in [6, 6.07) is 5.83. The van der Waals surface area contributed by atoms with Gasteiger partial charge in [-0.15, -0.1) is 0 Å². The fraction of sp³-hybridized carbons (Fsp3) is 0.588. The van der Waals surface area contributed by atoms with E-state index in [0.717, 1.165) is 42.7 Å². The third-order valence-corrected chi connectivity index (χ3v) is 4.36. The second kappa shape index (κ2) is 6.48. The predicted octanol–water partition coefficient (Wildman–Crippen LogP) is 3.43. The van der Waals surface area contributed by atoms with Crippen LogP contribution in [0.25, 0.3) is 0 Å². The molecule has 0 aromatic heterocycles. The van der Waals surface area contributed by atoms with Gasteiger partial charge in [-0.2, -0.15) is 0 Å². The van der Waals surface area contributed by atoms with Crippen LogP contribution < -0.4 is 10.1 Å². The van der Waals surface area contributed by atoms with Gasteiger partial charge >= 0.3 is 0 Å². The second-order valence-corrected chi connectivity index (χ2v) is 5.94. The maximum Gasteiger partial charge on any atom is 0.253 e. The lowest BCUT2D eigenvalue weighted by molar-refractivity contribution is -0.124. The van der Waals surface area contributed by atoms with Gasteiger partial charge in [0, 0.05) is 17.9 Å². The lowest BCUT2D eigenvalue weighted by atomic mass is 10.1. The summed E-state index contributed by atoms with van der Waals surface area (Å²) in [5.74, 6) is 0.834. The van der Waals surface area contributed by atoms with E-state index in [1.807, 2.05) is 25.1 Å². The van der Waals surface area contributed by atoms with Crippen LogP contribution in [0.3, 0.4) is 0 Å². The van der Waals surface area contributed by atoms with Gasteiger partial charge in [-0.25, -0.2) is 0 Å². The van der Waals surface area contributed by atoms with Crippen LogP contribution >= 0.6 is 0 Å². The Labute approximate surface area is 125 Å². The number of rotatable bonds is 4. The molecule has 1 aromatic rings. The Bertz CT molecular complexity index is 503. The average molecular weight is 289 g/mol. The Morgan fingerprint density at radius 2 is 2.05 bits per heavy atom. The van der Waals surface area contributed by atoms with Gasteiger partial charge in [-0.1, -0.05) is 6.07 Å². The summed E-state index contributed by atoms with van der Waals surface area (Å²) < 4.78 is 11.5. The van der Waals surface area contributed by atoms with E-state index >= 15 is 0 Å². The molecule has 2 aliphatic rings. The largest absolute Gasteiger partial charge is 0.490 e. The number of nitrogens with one attached hydrogen (secondary N) is 1. The summed E-state index contributed by atoms with van der Waals surface area (Å²) >= 11 is 0. The SMILES string of the molecule is Cc1c(NC(=O)[C@@H]2CCCO2)cccc1OC1CCCC1. The van der Waals surface area contributed by atoms with Gasteiger partial charge < -0.3 is 14.8 Å². The third-order valence-electron chi connectivity index (χ3n) is 4.36. The van der Waals surface area contributed by atoms with Crippen LogP contribution in [0.1, 0.15) is 44.1 Å². The van der Waals surface area contributed by atoms with Crippen molar-refractivity contribution < 1.29 is 14.3 Å². The van der Waals surface area contributed by atoms with Gasteiger partial charge in [0.15, 0.2) is 0 Å². The van der Waals surface area contributed by atoms with Crippen molar-refractivity contribution in [3.05, 3.63) is 23.8 Å². The van der Waals surface area contributed by atoms with Crippen molar-refractivity contribution >= 4 is 11.6 Å². The molecular weight excluding hydrogens is 266 g/mol. The number of amides is 1. The van der Waals surface area contributed by atoms with Gasteiger partial charge in [-0.05, 0) is 57.6 Å². The first kappa shape index (κ1) is 14.4. The molecular formula is C17H23NO3. The first-order valence-electron chi connectivity index (χ1n) is 7.93. The predicted molar refractivity (Wildman–Crippen MR) is 81.7 cm³/mol. The lowest BCUT2D eigenvalue weighted by Crippen LogP contribution is -2.27. The zero-order chi connectivity index (χ0) is 14.7. The van der Waals surface area contributed by atoms with Gasteiger partial charge in [0.2, 0.25) is 0 Å². The smallest absolute Gasteiger partial charge is 0.253 e. The molecule has 3 rings (SSSR count). The molecule has 0 radical (unpaired) electrons. The maximum absolute atomic E-state index is 12.1. The summed E-state index contributed by atoms with van der Waals surface area (Å²) in [4.78, 5) is 12.1. The average Bonchev–Trinajstić information content (AvgIpc) is 3.16. The maximum atomic E-state index is 12.1. The normalized spacial score (nSPS) is 22.4. The first-order valence-corrected chi connectivity index (χ1v) is 7.93. The van der Waals surface area contributed by atoms with Crippen LogP contribution in [0.4, 0.5) is 5.69 Å². The standard InChI is InChI=1S/C17H23NO3/c1-12-14(18-17(19)16-10-5-11-20-16)8-4-9-15(12)21-13-6-2-3-7-13/h4,8-9,13,16H,2-3,5-7,10-11H2,1H3,(H,18,19)/t16-/m0/s1. The fourth-order valence-electron chi connectivity index (χ4n) is 3.06. The highest BCUT2D eigenvalue weighted by Crippen LogP contribution is 2.30. The molecule has 1 atom stereocenters. The van der Waals surface area contributed by atoms with E-state index in [0.29, 0.717) is 12.7 Å². The quantitative estimate of drug-likeness (QED) is 0.923. The van der Waals surface area contributed by atoms with Crippen molar-refractivity contribution in [1.29, 1.82) is 0 Å². The Kier molecular flexibility index (Phi) is 4.44. The Balaban J connectivity index is 1.68. The van der Waals surface area contributed by atoms with E-state index < -0.39 is 0 Å². The summed E-state index contributed by atoms with van der Waals surface area (Å²) in [5.41, 5.74) is 1.82. The molecule has 1 aromatic carbocycles. The van der Waals surface area contributed by atoms with E-state index in [1.165, 1.54) is 12.8 Å². The van der Waals surface area contributed by atoms with Crippen LogP contribution in [0.2, 0.25) is 0 Å². The van der Waals surface area contributed by atoms with Crippen LogP contribution in [0, 0.1) is 6.92 Å². The minimum atomic E-state index is -0.302. The van der Waals surface area contributed by atoms with Gasteiger partial charge in [0.25, 0.3) is 5.91 Å². The van der Waals surface area contributed by atoms with Crippen molar-refractivity contribution in [2.75, 3.05) is 11.9 Å². The summed E-state index contributed by atoms with van der Waals surface area (Å²) in [6.07, 6.45) is 6.55. The molecule has 21 heavy (non-hydrogen) atoms. The van der Waals surface area contributed by atoms with Gasteiger partial charge in [0.1, 0.15) is 11.9 Å². The minimum Gasteiger partial charge on any atom is -0.490 e. The molecule has 114 valence electrons. The first-order chi connectivity index (χ1) is 10.2. The van der Waals surface area contributed by atoms with Crippen LogP contribution in [0.15, 0.2) is 18.2 Å². The number of hydrogen-bond donors (Lipinski definition) is 1. The molecule has 0 unspecified atom stereocenters. The Hall–Kier alpha value is -1.55. The number of ether oxygens (including phenoxy) is 2. The summed E-state index contributed by atoms with van der Waals surface area (Å²) in [6.45, 7) is 2.68. The van der Waals surface area contributed by atoms with Gasteiger partial charge in [0.05, 0.1) is 6.10 Å². The molecule has 1 aliphatic carbocycles.